The number of phenols is 2. The molecule has 2 saturated carbocycles. The maximum atomic E-state index is 10.5. The van der Waals surface area contributed by atoms with E-state index < -0.39 is 0 Å². The monoisotopic (exact) mass is 302 g/mol. The van der Waals surface area contributed by atoms with Gasteiger partial charge in [-0.2, -0.15) is 0 Å². The fourth-order valence-electron chi connectivity index (χ4n) is 6.20. The molecule has 0 amide bonds. The second-order valence-electron chi connectivity index (χ2n) is 8.15. The molecule has 2 fully saturated rings. The van der Waals surface area contributed by atoms with Crippen LogP contribution in [0.5, 0.6) is 11.5 Å². The average molecular weight is 302 g/mol. The molecule has 0 unspecified atom stereocenters. The highest BCUT2D eigenvalue weighted by molar-refractivity contribution is 5.49. The predicted octanol–water partition coefficient (Wildman–Crippen LogP) is 3.56. The highest BCUT2D eigenvalue weighted by atomic mass is 16.3. The van der Waals surface area contributed by atoms with Crippen molar-refractivity contribution < 1.29 is 15.3 Å². The molecule has 0 radical (unpaired) electrons. The van der Waals surface area contributed by atoms with E-state index in [4.69, 9.17) is 0 Å². The third kappa shape index (κ3) is 1.78. The van der Waals surface area contributed by atoms with Gasteiger partial charge < -0.3 is 15.3 Å². The van der Waals surface area contributed by atoms with Gasteiger partial charge in [0.2, 0.25) is 0 Å². The molecular weight excluding hydrogens is 276 g/mol. The largest absolute Gasteiger partial charge is 0.508 e. The van der Waals surface area contributed by atoms with E-state index in [1.807, 2.05) is 6.07 Å². The SMILES string of the molecule is C[C@@H]1C[C@]2(C)[C@@H](O)CC[C@H]2[C@H]2CCc3cc(O)cc(O)c3[C@H]21. The first-order chi connectivity index (χ1) is 10.4. The number of phenolic OH excluding ortho intramolecular Hbond substituents is 2. The number of rotatable bonds is 0. The van der Waals surface area contributed by atoms with Crippen LogP contribution in [0.25, 0.3) is 0 Å². The second kappa shape index (κ2) is 4.64. The van der Waals surface area contributed by atoms with Crippen molar-refractivity contribution in [3.8, 4) is 11.5 Å². The van der Waals surface area contributed by atoms with Gasteiger partial charge in [0.05, 0.1) is 6.10 Å². The third-order valence-electron chi connectivity index (χ3n) is 7.02. The van der Waals surface area contributed by atoms with Crippen molar-refractivity contribution in [3.63, 3.8) is 0 Å². The van der Waals surface area contributed by atoms with E-state index in [9.17, 15) is 15.3 Å². The first-order valence-corrected chi connectivity index (χ1v) is 8.64. The Balaban J connectivity index is 1.80. The van der Waals surface area contributed by atoms with Crippen molar-refractivity contribution >= 4 is 0 Å². The minimum absolute atomic E-state index is 0.0463. The maximum Gasteiger partial charge on any atom is 0.123 e. The molecule has 3 heteroatoms. The number of aromatic hydroxyl groups is 2. The number of hydrogen-bond acceptors (Lipinski definition) is 3. The van der Waals surface area contributed by atoms with Crippen LogP contribution in [0.2, 0.25) is 0 Å². The molecule has 1 aromatic carbocycles. The number of benzene rings is 1. The van der Waals surface area contributed by atoms with Gasteiger partial charge in [-0.15, -0.1) is 0 Å². The molecule has 120 valence electrons. The van der Waals surface area contributed by atoms with Gasteiger partial charge in [-0.25, -0.2) is 0 Å². The smallest absolute Gasteiger partial charge is 0.123 e. The Kier molecular flexibility index (Phi) is 3.03. The van der Waals surface area contributed by atoms with Gasteiger partial charge in [0, 0.05) is 11.6 Å². The average Bonchev–Trinajstić information content (AvgIpc) is 2.74. The number of hydrogen-bond donors (Lipinski definition) is 3. The molecule has 0 spiro atoms. The molecule has 0 bridgehead atoms. The molecule has 3 nitrogen and oxygen atoms in total. The molecule has 3 N–H and O–H groups in total. The number of fused-ring (bicyclic) bond motifs is 5. The van der Waals surface area contributed by atoms with E-state index in [0.717, 1.165) is 43.2 Å². The Morgan fingerprint density at radius 1 is 1.14 bits per heavy atom. The van der Waals surface area contributed by atoms with Crippen LogP contribution in [0.15, 0.2) is 12.1 Å². The summed E-state index contributed by atoms with van der Waals surface area (Å²) in [6.45, 7) is 4.54. The van der Waals surface area contributed by atoms with Crippen molar-refractivity contribution in [2.45, 2.75) is 58.0 Å². The minimum atomic E-state index is -0.171. The van der Waals surface area contributed by atoms with Crippen LogP contribution in [0.4, 0.5) is 0 Å². The van der Waals surface area contributed by atoms with Crippen molar-refractivity contribution in [2.24, 2.45) is 23.2 Å². The molecule has 0 aliphatic heterocycles. The molecule has 4 rings (SSSR count). The maximum absolute atomic E-state index is 10.5. The zero-order chi connectivity index (χ0) is 15.6. The lowest BCUT2D eigenvalue weighted by molar-refractivity contribution is -0.0445. The lowest BCUT2D eigenvalue weighted by Gasteiger charge is -2.53. The topological polar surface area (TPSA) is 60.7 Å². The van der Waals surface area contributed by atoms with Gasteiger partial charge in [-0.05, 0) is 72.8 Å². The fraction of sp³-hybridized carbons (Fsp3) is 0.684. The Bertz CT molecular complexity index is 611. The van der Waals surface area contributed by atoms with E-state index >= 15 is 0 Å². The summed E-state index contributed by atoms with van der Waals surface area (Å²) in [7, 11) is 0. The summed E-state index contributed by atoms with van der Waals surface area (Å²) in [5.41, 5.74) is 2.24. The van der Waals surface area contributed by atoms with Crippen molar-refractivity contribution in [1.82, 2.24) is 0 Å². The minimum Gasteiger partial charge on any atom is -0.508 e. The lowest BCUT2D eigenvalue weighted by Crippen LogP contribution is -2.47. The molecule has 22 heavy (non-hydrogen) atoms. The van der Waals surface area contributed by atoms with E-state index in [0.29, 0.717) is 23.7 Å². The van der Waals surface area contributed by atoms with Crippen molar-refractivity contribution in [3.05, 3.63) is 23.3 Å². The van der Waals surface area contributed by atoms with Gasteiger partial charge in [0.25, 0.3) is 0 Å². The zero-order valence-corrected chi connectivity index (χ0v) is 13.4. The Hall–Kier alpha value is -1.22. The standard InChI is InChI=1S/C19H26O3/c1-10-9-19(2)14(5-6-16(19)22)13-4-3-11-7-12(20)8-15(21)18(11)17(10)13/h7-8,10,13-14,16-17,20-22H,3-6,9H2,1-2H3/t10-,13-,14+,16+,17+,19+/m1/s1. The molecule has 6 atom stereocenters. The number of aryl methyl sites for hydroxylation is 1. The Morgan fingerprint density at radius 2 is 1.91 bits per heavy atom. The molecule has 0 saturated heterocycles. The first kappa shape index (κ1) is 14.4. The molecule has 1 aromatic rings. The van der Waals surface area contributed by atoms with Crippen LogP contribution in [0.3, 0.4) is 0 Å². The normalized spacial score (nSPS) is 43.3. The quantitative estimate of drug-likeness (QED) is 0.686. The van der Waals surface area contributed by atoms with E-state index in [1.54, 1.807) is 0 Å². The molecule has 0 aromatic heterocycles. The van der Waals surface area contributed by atoms with Gasteiger partial charge in [0.15, 0.2) is 0 Å². The van der Waals surface area contributed by atoms with Crippen LogP contribution >= 0.6 is 0 Å². The summed E-state index contributed by atoms with van der Waals surface area (Å²) in [5.74, 6) is 2.36. The summed E-state index contributed by atoms with van der Waals surface area (Å²) in [6.07, 6.45) is 4.92. The Labute approximate surface area is 132 Å². The van der Waals surface area contributed by atoms with Gasteiger partial charge in [0.1, 0.15) is 11.5 Å². The van der Waals surface area contributed by atoms with Crippen molar-refractivity contribution in [1.29, 1.82) is 0 Å². The number of aliphatic hydroxyl groups is 1. The summed E-state index contributed by atoms with van der Waals surface area (Å²) in [6, 6.07) is 3.32. The molecule has 3 aliphatic carbocycles. The predicted molar refractivity (Wildman–Crippen MR) is 84.9 cm³/mol. The summed E-state index contributed by atoms with van der Waals surface area (Å²) in [5, 5.41) is 30.7. The Morgan fingerprint density at radius 3 is 2.68 bits per heavy atom. The molecular formula is C19H26O3. The van der Waals surface area contributed by atoms with Gasteiger partial charge in [-0.3, -0.25) is 0 Å². The second-order valence-corrected chi connectivity index (χ2v) is 8.15. The van der Waals surface area contributed by atoms with Crippen LogP contribution in [-0.2, 0) is 6.42 Å². The van der Waals surface area contributed by atoms with Gasteiger partial charge in [-0.1, -0.05) is 13.8 Å². The summed E-state index contributed by atoms with van der Waals surface area (Å²) >= 11 is 0. The van der Waals surface area contributed by atoms with Crippen LogP contribution in [0.1, 0.15) is 56.6 Å². The highest BCUT2D eigenvalue weighted by Gasteiger charge is 2.56. The lowest BCUT2D eigenvalue weighted by atomic mass is 9.52. The van der Waals surface area contributed by atoms with E-state index in [1.165, 1.54) is 6.07 Å². The van der Waals surface area contributed by atoms with E-state index in [2.05, 4.69) is 13.8 Å². The third-order valence-corrected chi connectivity index (χ3v) is 7.02. The summed E-state index contributed by atoms with van der Waals surface area (Å²) in [4.78, 5) is 0. The summed E-state index contributed by atoms with van der Waals surface area (Å²) < 4.78 is 0. The molecule has 0 heterocycles. The van der Waals surface area contributed by atoms with E-state index in [-0.39, 0.29) is 23.0 Å². The fourth-order valence-corrected chi connectivity index (χ4v) is 6.20. The van der Waals surface area contributed by atoms with Crippen molar-refractivity contribution in [2.75, 3.05) is 0 Å². The van der Waals surface area contributed by atoms with Crippen LogP contribution in [-0.4, -0.2) is 21.4 Å². The highest BCUT2D eigenvalue weighted by Crippen LogP contribution is 2.63. The zero-order valence-electron chi connectivity index (χ0n) is 13.4. The number of aliphatic hydroxyl groups excluding tert-OH is 1. The molecule has 3 aliphatic rings. The van der Waals surface area contributed by atoms with Gasteiger partial charge >= 0.3 is 0 Å². The van der Waals surface area contributed by atoms with Crippen LogP contribution < -0.4 is 0 Å². The van der Waals surface area contributed by atoms with Crippen LogP contribution in [0, 0.1) is 23.2 Å². The first-order valence-electron chi connectivity index (χ1n) is 8.64.